The fourth-order valence-electron chi connectivity index (χ4n) is 2.98. The second-order valence-electron chi connectivity index (χ2n) is 7.62. The van der Waals surface area contributed by atoms with Crippen LogP contribution < -0.4 is 20.3 Å². The fraction of sp³-hybridized carbons (Fsp3) is 0.160. The van der Waals surface area contributed by atoms with Gasteiger partial charge in [0.05, 0.1) is 4.90 Å². The van der Waals surface area contributed by atoms with E-state index >= 15 is 0 Å². The number of benzene rings is 3. The van der Waals surface area contributed by atoms with Crippen molar-refractivity contribution in [3.63, 3.8) is 0 Å². The molecule has 3 N–H and O–H groups in total. The van der Waals surface area contributed by atoms with Crippen LogP contribution in [0.15, 0.2) is 83.8 Å². The number of hydrogen-bond acceptors (Lipinski definition) is 6. The Kier molecular flexibility index (Phi) is 8.34. The number of carbonyl (C=O) groups excluding carboxylic acids is 3. The molecule has 1 atom stereocenters. The number of carbonyl (C=O) groups is 3. The Hall–Kier alpha value is -4.02. The third kappa shape index (κ3) is 7.23. The van der Waals surface area contributed by atoms with Crippen molar-refractivity contribution in [2.75, 3.05) is 0 Å². The maximum atomic E-state index is 12.6. The van der Waals surface area contributed by atoms with E-state index in [1.807, 2.05) is 6.07 Å². The van der Waals surface area contributed by atoms with Gasteiger partial charge in [-0.1, -0.05) is 36.4 Å². The van der Waals surface area contributed by atoms with E-state index in [9.17, 15) is 22.8 Å². The van der Waals surface area contributed by atoms with E-state index in [1.165, 1.54) is 38.1 Å². The van der Waals surface area contributed by atoms with E-state index in [2.05, 4.69) is 15.6 Å². The number of sulfonamides is 1. The summed E-state index contributed by atoms with van der Waals surface area (Å²) in [6, 6.07) is 20.8. The Labute approximate surface area is 203 Å². The van der Waals surface area contributed by atoms with Gasteiger partial charge in [0.15, 0.2) is 11.9 Å². The van der Waals surface area contributed by atoms with Crippen LogP contribution in [0.2, 0.25) is 0 Å². The van der Waals surface area contributed by atoms with Gasteiger partial charge in [0.1, 0.15) is 5.75 Å². The monoisotopic (exact) mass is 495 g/mol. The van der Waals surface area contributed by atoms with Gasteiger partial charge in [-0.3, -0.25) is 25.2 Å². The van der Waals surface area contributed by atoms with Gasteiger partial charge in [-0.2, -0.15) is 0 Å². The molecule has 0 aliphatic rings. The largest absolute Gasteiger partial charge is 0.481 e. The van der Waals surface area contributed by atoms with Crippen LogP contribution in [0.4, 0.5) is 0 Å². The fourth-order valence-corrected chi connectivity index (χ4v) is 4.04. The number of ketones is 1. The van der Waals surface area contributed by atoms with Crippen molar-refractivity contribution in [2.24, 2.45) is 0 Å². The molecule has 0 bridgehead atoms. The van der Waals surface area contributed by atoms with E-state index in [1.54, 1.807) is 48.5 Å². The summed E-state index contributed by atoms with van der Waals surface area (Å²) in [5.41, 5.74) is 5.85. The molecular formula is C25H25N3O6S. The average Bonchev–Trinajstić information content (AvgIpc) is 2.87. The minimum atomic E-state index is -3.86. The summed E-state index contributed by atoms with van der Waals surface area (Å²) in [5.74, 6) is -1.03. The summed E-state index contributed by atoms with van der Waals surface area (Å²) in [5, 5.41) is 0. The minimum Gasteiger partial charge on any atom is -0.481 e. The van der Waals surface area contributed by atoms with Crippen molar-refractivity contribution in [1.29, 1.82) is 0 Å². The molecule has 3 rings (SSSR count). The van der Waals surface area contributed by atoms with Gasteiger partial charge >= 0.3 is 0 Å². The second-order valence-corrected chi connectivity index (χ2v) is 9.39. The number of hydrogen-bond donors (Lipinski definition) is 3. The number of nitrogens with one attached hydrogen (secondary N) is 3. The molecule has 0 aromatic heterocycles. The molecule has 10 heteroatoms. The molecule has 3 aromatic rings. The van der Waals surface area contributed by atoms with Gasteiger partial charge in [0.25, 0.3) is 11.8 Å². The molecule has 9 nitrogen and oxygen atoms in total. The predicted molar refractivity (Wildman–Crippen MR) is 129 cm³/mol. The van der Waals surface area contributed by atoms with E-state index in [0.29, 0.717) is 11.3 Å². The van der Waals surface area contributed by atoms with Crippen LogP contribution >= 0.6 is 0 Å². The highest BCUT2D eigenvalue weighted by Gasteiger charge is 2.18. The Bertz CT molecular complexity index is 1310. The summed E-state index contributed by atoms with van der Waals surface area (Å²) >= 11 is 0. The van der Waals surface area contributed by atoms with Crippen LogP contribution in [0.3, 0.4) is 0 Å². The van der Waals surface area contributed by atoms with Crippen molar-refractivity contribution in [1.82, 2.24) is 15.6 Å². The van der Waals surface area contributed by atoms with Gasteiger partial charge in [-0.25, -0.2) is 13.1 Å². The third-order valence-corrected chi connectivity index (χ3v) is 6.36. The van der Waals surface area contributed by atoms with Gasteiger partial charge in [-0.05, 0) is 61.9 Å². The second kappa shape index (κ2) is 11.4. The summed E-state index contributed by atoms with van der Waals surface area (Å²) in [7, 11) is -3.86. The van der Waals surface area contributed by atoms with E-state index in [4.69, 9.17) is 4.74 Å². The molecule has 1 unspecified atom stereocenters. The van der Waals surface area contributed by atoms with Crippen LogP contribution in [0, 0.1) is 0 Å². The number of hydrazine groups is 1. The highest BCUT2D eigenvalue weighted by Crippen LogP contribution is 2.15. The molecule has 0 radical (unpaired) electrons. The highest BCUT2D eigenvalue weighted by atomic mass is 32.2. The minimum absolute atomic E-state index is 0.0429. The first-order chi connectivity index (χ1) is 16.7. The number of Topliss-reactive ketones (excluding diaryl/α,β-unsaturated/α-hetero) is 1. The normalized spacial score (nSPS) is 11.8. The third-order valence-electron chi connectivity index (χ3n) is 4.96. The first-order valence-electron chi connectivity index (χ1n) is 10.7. The van der Waals surface area contributed by atoms with Crippen molar-refractivity contribution >= 4 is 27.6 Å². The number of rotatable bonds is 9. The summed E-state index contributed by atoms with van der Waals surface area (Å²) in [6.45, 7) is 3.04. The smallest absolute Gasteiger partial charge is 0.279 e. The van der Waals surface area contributed by atoms with Gasteiger partial charge < -0.3 is 4.74 Å². The summed E-state index contributed by atoms with van der Waals surface area (Å²) < 4.78 is 33.2. The molecule has 3 aromatic carbocycles. The van der Waals surface area contributed by atoms with Crippen molar-refractivity contribution < 1.29 is 27.5 Å². The number of amides is 2. The highest BCUT2D eigenvalue weighted by molar-refractivity contribution is 7.89. The zero-order valence-electron chi connectivity index (χ0n) is 19.1. The van der Waals surface area contributed by atoms with Crippen LogP contribution in [-0.2, 0) is 21.4 Å². The molecule has 0 saturated heterocycles. The molecule has 0 aliphatic carbocycles. The van der Waals surface area contributed by atoms with E-state index < -0.39 is 27.9 Å². The first-order valence-corrected chi connectivity index (χ1v) is 12.2. The van der Waals surface area contributed by atoms with Gasteiger partial charge in [0, 0.05) is 17.7 Å². The topological polar surface area (TPSA) is 131 Å². The molecule has 0 heterocycles. The maximum absolute atomic E-state index is 12.6. The molecule has 182 valence electrons. The molecule has 35 heavy (non-hydrogen) atoms. The van der Waals surface area contributed by atoms with Gasteiger partial charge in [0.2, 0.25) is 10.0 Å². The van der Waals surface area contributed by atoms with Gasteiger partial charge in [-0.15, -0.1) is 0 Å². The average molecular weight is 496 g/mol. The molecular weight excluding hydrogens is 470 g/mol. The molecule has 0 fully saturated rings. The molecule has 2 amide bonds. The van der Waals surface area contributed by atoms with Crippen molar-refractivity contribution in [3.05, 3.63) is 95.6 Å². The van der Waals surface area contributed by atoms with E-state index in [0.717, 1.165) is 5.56 Å². The molecule has 0 saturated carbocycles. The Morgan fingerprint density at radius 2 is 1.54 bits per heavy atom. The van der Waals surface area contributed by atoms with Crippen LogP contribution in [0.1, 0.15) is 40.1 Å². The molecule has 0 aliphatic heterocycles. The van der Waals surface area contributed by atoms with E-state index in [-0.39, 0.29) is 22.8 Å². The summed E-state index contributed by atoms with van der Waals surface area (Å²) in [4.78, 5) is 36.0. The lowest BCUT2D eigenvalue weighted by Gasteiger charge is -2.15. The lowest BCUT2D eigenvalue weighted by atomic mass is 10.1. The van der Waals surface area contributed by atoms with Crippen LogP contribution in [0.25, 0.3) is 0 Å². The van der Waals surface area contributed by atoms with Crippen LogP contribution in [-0.4, -0.2) is 32.1 Å². The van der Waals surface area contributed by atoms with Crippen molar-refractivity contribution in [3.8, 4) is 5.75 Å². The predicted octanol–water partition coefficient (Wildman–Crippen LogP) is 2.60. The SMILES string of the molecule is CC(=O)c1ccc(OC(C)C(=O)NNC(=O)c2cccc(S(=O)(=O)NCc3ccccc3)c2)cc1. The molecule has 0 spiro atoms. The lowest BCUT2D eigenvalue weighted by molar-refractivity contribution is -0.128. The maximum Gasteiger partial charge on any atom is 0.279 e. The standard InChI is InChI=1S/C25H25N3O6S/c1-17(29)20-11-13-22(14-12-20)34-18(2)24(30)27-28-25(31)21-9-6-10-23(15-21)35(32,33)26-16-19-7-4-3-5-8-19/h3-15,18,26H,16H2,1-2H3,(H,27,30)(H,28,31). The Morgan fingerprint density at radius 1 is 0.857 bits per heavy atom. The Morgan fingerprint density at radius 3 is 2.20 bits per heavy atom. The van der Waals surface area contributed by atoms with Crippen molar-refractivity contribution in [2.45, 2.75) is 31.4 Å². The quantitative estimate of drug-likeness (QED) is 0.309. The number of ether oxygens (including phenoxy) is 1. The Balaban J connectivity index is 1.56. The zero-order chi connectivity index (χ0) is 25.4. The lowest BCUT2D eigenvalue weighted by Crippen LogP contribution is -2.47. The zero-order valence-corrected chi connectivity index (χ0v) is 20.0. The summed E-state index contributed by atoms with van der Waals surface area (Å²) in [6.07, 6.45) is -0.952. The first kappa shape index (κ1) is 25.6. The van der Waals surface area contributed by atoms with Crippen LogP contribution in [0.5, 0.6) is 5.75 Å².